The summed E-state index contributed by atoms with van der Waals surface area (Å²) in [6.45, 7) is 0. The van der Waals surface area contributed by atoms with Crippen molar-refractivity contribution in [2.45, 2.75) is 0 Å². The fraction of sp³-hybridized carbons (Fsp3) is 0. The lowest BCUT2D eigenvalue weighted by molar-refractivity contribution is 0.249. The molecule has 0 aromatic carbocycles. The van der Waals surface area contributed by atoms with E-state index in [2.05, 4.69) is 10.5 Å². The highest BCUT2D eigenvalue weighted by atomic mass is 35.5. The number of rotatable bonds is 2. The fourth-order valence-corrected chi connectivity index (χ4v) is 1.49. The first-order chi connectivity index (χ1) is 5.68. The van der Waals surface area contributed by atoms with Crippen molar-refractivity contribution < 1.29 is 4.79 Å². The molecule has 0 saturated heterocycles. The Hall–Kier alpha value is -1.07. The van der Waals surface area contributed by atoms with E-state index in [1.807, 2.05) is 0 Å². The second-order valence-corrected chi connectivity index (χ2v) is 3.62. The lowest BCUT2D eigenvalue weighted by atomic mass is 10.5. The Morgan fingerprint density at radius 1 is 1.75 bits per heavy atom. The van der Waals surface area contributed by atoms with Gasteiger partial charge in [0.05, 0.1) is 10.6 Å². The number of hydrogen-bond acceptors (Lipinski definition) is 3. The van der Waals surface area contributed by atoms with Crippen molar-refractivity contribution in [2.75, 3.05) is 0 Å². The normalized spacial score (nSPS) is 10.4. The molecule has 0 radical (unpaired) electrons. The van der Waals surface area contributed by atoms with Gasteiger partial charge in [0, 0.05) is 4.88 Å². The van der Waals surface area contributed by atoms with Gasteiger partial charge in [0.25, 0.3) is 0 Å². The molecule has 0 aliphatic rings. The highest BCUT2D eigenvalue weighted by Crippen LogP contribution is 2.19. The minimum absolute atomic E-state index is 0.676. The molecule has 1 aromatic heterocycles. The summed E-state index contributed by atoms with van der Waals surface area (Å²) in [7, 11) is 0. The molecule has 1 heterocycles. The van der Waals surface area contributed by atoms with Crippen LogP contribution in [0.15, 0.2) is 17.2 Å². The molecule has 0 fully saturated rings. The Balaban J connectivity index is 2.52. The molecule has 64 valence electrons. The van der Waals surface area contributed by atoms with Crippen molar-refractivity contribution in [1.29, 1.82) is 0 Å². The molecule has 4 nitrogen and oxygen atoms in total. The number of thiophene rings is 1. The molecule has 0 atom stereocenters. The van der Waals surface area contributed by atoms with E-state index < -0.39 is 6.03 Å². The van der Waals surface area contributed by atoms with Gasteiger partial charge in [-0.2, -0.15) is 5.10 Å². The Bertz CT molecular complexity index is 309. The first kappa shape index (κ1) is 9.02. The number of nitrogens with zero attached hydrogens (tertiary/aromatic N) is 1. The van der Waals surface area contributed by atoms with Crippen LogP contribution in [0, 0.1) is 0 Å². The first-order valence-corrected chi connectivity index (χ1v) is 4.22. The molecule has 0 saturated carbocycles. The van der Waals surface area contributed by atoms with Crippen molar-refractivity contribution in [2.24, 2.45) is 10.8 Å². The van der Waals surface area contributed by atoms with E-state index in [9.17, 15) is 4.79 Å². The maximum absolute atomic E-state index is 10.2. The summed E-state index contributed by atoms with van der Waals surface area (Å²) in [5.41, 5.74) is 6.85. The second-order valence-electron chi connectivity index (χ2n) is 1.88. The van der Waals surface area contributed by atoms with Crippen molar-refractivity contribution in [3.8, 4) is 0 Å². The van der Waals surface area contributed by atoms with Crippen LogP contribution in [0.5, 0.6) is 0 Å². The van der Waals surface area contributed by atoms with Gasteiger partial charge in [-0.3, -0.25) is 0 Å². The van der Waals surface area contributed by atoms with Gasteiger partial charge in [0.15, 0.2) is 0 Å². The van der Waals surface area contributed by atoms with Gasteiger partial charge in [0.1, 0.15) is 0 Å². The number of carbonyl (C=O) groups excluding carboxylic acids is 1. The van der Waals surface area contributed by atoms with Crippen LogP contribution in [0.4, 0.5) is 4.79 Å². The topological polar surface area (TPSA) is 67.5 Å². The zero-order valence-electron chi connectivity index (χ0n) is 5.95. The molecule has 2 amide bonds. The number of primary amides is 1. The highest BCUT2D eigenvalue weighted by molar-refractivity contribution is 7.17. The van der Waals surface area contributed by atoms with E-state index in [0.717, 1.165) is 4.88 Å². The number of hydrazone groups is 1. The van der Waals surface area contributed by atoms with Crippen LogP contribution in [0.2, 0.25) is 4.34 Å². The number of urea groups is 1. The molecular weight excluding hydrogens is 198 g/mol. The SMILES string of the molecule is NC(=O)N/N=C/c1ccc(Cl)s1. The molecule has 0 aliphatic heterocycles. The molecule has 0 spiro atoms. The zero-order chi connectivity index (χ0) is 8.97. The van der Waals surface area contributed by atoms with Crippen LogP contribution >= 0.6 is 22.9 Å². The molecule has 0 aliphatic carbocycles. The molecule has 12 heavy (non-hydrogen) atoms. The molecule has 0 unspecified atom stereocenters. The molecule has 3 N–H and O–H groups in total. The minimum Gasteiger partial charge on any atom is -0.350 e. The number of nitrogens with two attached hydrogens (primary N) is 1. The van der Waals surface area contributed by atoms with Crippen LogP contribution in [-0.2, 0) is 0 Å². The van der Waals surface area contributed by atoms with Crippen molar-refractivity contribution >= 4 is 35.2 Å². The van der Waals surface area contributed by atoms with Gasteiger partial charge in [0.2, 0.25) is 0 Å². The average molecular weight is 204 g/mol. The lowest BCUT2D eigenvalue weighted by Gasteiger charge is -1.87. The molecular formula is C6H6ClN3OS. The number of amides is 2. The summed E-state index contributed by atoms with van der Waals surface area (Å²) in [5.74, 6) is 0. The highest BCUT2D eigenvalue weighted by Gasteiger charge is 1.93. The van der Waals surface area contributed by atoms with Crippen LogP contribution < -0.4 is 11.2 Å². The maximum Gasteiger partial charge on any atom is 0.332 e. The summed E-state index contributed by atoms with van der Waals surface area (Å²) in [6.07, 6.45) is 1.47. The third-order valence-electron chi connectivity index (χ3n) is 0.961. The first-order valence-electron chi connectivity index (χ1n) is 3.02. The van der Waals surface area contributed by atoms with Crippen molar-refractivity contribution in [3.63, 3.8) is 0 Å². The number of nitrogens with one attached hydrogen (secondary N) is 1. The largest absolute Gasteiger partial charge is 0.350 e. The lowest BCUT2D eigenvalue weighted by Crippen LogP contribution is -2.24. The number of carbonyl (C=O) groups is 1. The monoisotopic (exact) mass is 203 g/mol. The van der Waals surface area contributed by atoms with Gasteiger partial charge in [-0.1, -0.05) is 11.6 Å². The van der Waals surface area contributed by atoms with E-state index in [4.69, 9.17) is 17.3 Å². The van der Waals surface area contributed by atoms with Gasteiger partial charge in [-0.15, -0.1) is 11.3 Å². The Kier molecular flexibility index (Phi) is 3.07. The van der Waals surface area contributed by atoms with Crippen LogP contribution in [0.1, 0.15) is 4.88 Å². The van der Waals surface area contributed by atoms with Gasteiger partial charge >= 0.3 is 6.03 Å². The second kappa shape index (κ2) is 4.08. The number of hydrogen-bond donors (Lipinski definition) is 2. The van der Waals surface area contributed by atoms with E-state index in [1.54, 1.807) is 12.1 Å². The predicted octanol–water partition coefficient (Wildman–Crippen LogP) is 1.40. The summed E-state index contributed by atoms with van der Waals surface area (Å²) < 4.78 is 0.676. The quantitative estimate of drug-likeness (QED) is 0.554. The molecule has 0 bridgehead atoms. The van der Waals surface area contributed by atoms with Crippen molar-refractivity contribution in [1.82, 2.24) is 5.43 Å². The standard InChI is InChI=1S/C6H6ClN3OS/c7-5-2-1-4(12-5)3-9-10-6(8)11/h1-3H,(H3,8,10,11)/b9-3+. The zero-order valence-corrected chi connectivity index (χ0v) is 7.52. The van der Waals surface area contributed by atoms with Gasteiger partial charge in [-0.05, 0) is 12.1 Å². The Morgan fingerprint density at radius 2 is 2.50 bits per heavy atom. The Morgan fingerprint density at radius 3 is 3.00 bits per heavy atom. The average Bonchev–Trinajstić information content (AvgIpc) is 2.35. The van der Waals surface area contributed by atoms with Gasteiger partial charge < -0.3 is 5.73 Å². The smallest absolute Gasteiger partial charge is 0.332 e. The summed E-state index contributed by atoms with van der Waals surface area (Å²) >= 11 is 7.01. The summed E-state index contributed by atoms with van der Waals surface area (Å²) in [6, 6.07) is 2.85. The fourth-order valence-electron chi connectivity index (χ4n) is 0.557. The van der Waals surface area contributed by atoms with E-state index >= 15 is 0 Å². The van der Waals surface area contributed by atoms with E-state index in [1.165, 1.54) is 17.6 Å². The molecule has 6 heteroatoms. The Labute approximate surface area is 78.0 Å². The number of halogens is 1. The molecule has 1 rings (SSSR count). The third kappa shape index (κ3) is 2.89. The van der Waals surface area contributed by atoms with Crippen LogP contribution in [-0.4, -0.2) is 12.2 Å². The molecule has 1 aromatic rings. The summed E-state index contributed by atoms with van der Waals surface area (Å²) in [4.78, 5) is 11.0. The predicted molar refractivity (Wildman–Crippen MR) is 49.6 cm³/mol. The van der Waals surface area contributed by atoms with Gasteiger partial charge in [-0.25, -0.2) is 10.2 Å². The maximum atomic E-state index is 10.2. The minimum atomic E-state index is -0.686. The summed E-state index contributed by atoms with van der Waals surface area (Å²) in [5, 5.41) is 3.56. The van der Waals surface area contributed by atoms with Crippen LogP contribution in [0.3, 0.4) is 0 Å². The third-order valence-corrected chi connectivity index (χ3v) is 2.13. The van der Waals surface area contributed by atoms with E-state index in [-0.39, 0.29) is 0 Å². The van der Waals surface area contributed by atoms with Crippen LogP contribution in [0.25, 0.3) is 0 Å². The van der Waals surface area contributed by atoms with E-state index in [0.29, 0.717) is 4.34 Å². The van der Waals surface area contributed by atoms with Crippen molar-refractivity contribution in [3.05, 3.63) is 21.3 Å².